The first-order valence-corrected chi connectivity index (χ1v) is 13.6. The largest absolute Gasteiger partial charge is 0.465 e. The van der Waals surface area contributed by atoms with Crippen molar-refractivity contribution < 1.29 is 19.1 Å². The molecule has 39 heavy (non-hydrogen) atoms. The first-order chi connectivity index (χ1) is 19.2. The Labute approximate surface area is 228 Å². The third-order valence-electron chi connectivity index (χ3n) is 7.79. The fourth-order valence-electron chi connectivity index (χ4n) is 5.92. The highest BCUT2D eigenvalue weighted by molar-refractivity contribution is 5.80. The van der Waals surface area contributed by atoms with Crippen molar-refractivity contribution >= 4 is 12.1 Å². The maximum absolute atomic E-state index is 12.4. The minimum atomic E-state index is -0.432. The van der Waals surface area contributed by atoms with E-state index in [0.29, 0.717) is 39.0 Å². The number of rotatable bonds is 9. The van der Waals surface area contributed by atoms with Gasteiger partial charge in [-0.2, -0.15) is 0 Å². The number of unbranched alkanes of at least 4 members (excludes halogenated alkanes) is 1. The molecule has 1 N–H and O–H groups in total. The van der Waals surface area contributed by atoms with Crippen molar-refractivity contribution in [1.29, 1.82) is 0 Å². The van der Waals surface area contributed by atoms with Gasteiger partial charge in [0.05, 0.1) is 0 Å². The van der Waals surface area contributed by atoms with Gasteiger partial charge in [-0.1, -0.05) is 97.1 Å². The molecular weight excluding hydrogens is 486 g/mol. The van der Waals surface area contributed by atoms with Crippen LogP contribution in [0.2, 0.25) is 0 Å². The molecule has 5 nitrogen and oxygen atoms in total. The maximum atomic E-state index is 12.4. The third kappa shape index (κ3) is 5.05. The molecule has 0 spiro atoms. The lowest BCUT2D eigenvalue weighted by Crippen LogP contribution is -2.27. The summed E-state index contributed by atoms with van der Waals surface area (Å²) in [5.74, 6) is -0.105. The molecule has 0 unspecified atom stereocenters. The highest BCUT2D eigenvalue weighted by atomic mass is 16.5. The van der Waals surface area contributed by atoms with Gasteiger partial charge in [0, 0.05) is 24.8 Å². The van der Waals surface area contributed by atoms with Crippen LogP contribution >= 0.6 is 0 Å². The lowest BCUT2D eigenvalue weighted by Gasteiger charge is -2.15. The van der Waals surface area contributed by atoms with E-state index in [1.165, 1.54) is 44.5 Å². The maximum Gasteiger partial charge on any atom is 0.407 e. The normalized spacial score (nSPS) is 13.2. The molecule has 5 heteroatoms. The standard InChI is InChI=1S/C34H31NO4/c36-33(38-21-31-27-15-5-1-11-23(27)24-12-2-6-16-28(24)31)19-9-10-20-35-34(37)39-22-32-29-17-7-3-13-25(29)26-14-4-8-18-30(26)32/h1-8,11-18,31-32H,9-10,19-22H2,(H,35,37). The summed E-state index contributed by atoms with van der Waals surface area (Å²) in [6.07, 6.45) is 1.20. The van der Waals surface area contributed by atoms with Crippen LogP contribution in [-0.4, -0.2) is 31.8 Å². The van der Waals surface area contributed by atoms with Crippen molar-refractivity contribution in [2.45, 2.75) is 31.1 Å². The van der Waals surface area contributed by atoms with Gasteiger partial charge in [-0.05, 0) is 57.3 Å². The van der Waals surface area contributed by atoms with Gasteiger partial charge in [-0.25, -0.2) is 4.79 Å². The Morgan fingerprint density at radius 3 is 1.44 bits per heavy atom. The van der Waals surface area contributed by atoms with Gasteiger partial charge in [0.15, 0.2) is 0 Å². The van der Waals surface area contributed by atoms with Gasteiger partial charge in [-0.15, -0.1) is 0 Å². The molecule has 0 bridgehead atoms. The van der Waals surface area contributed by atoms with Gasteiger partial charge in [0.25, 0.3) is 0 Å². The molecule has 4 aromatic carbocycles. The van der Waals surface area contributed by atoms with Crippen LogP contribution in [0, 0.1) is 0 Å². The molecule has 2 aliphatic rings. The third-order valence-corrected chi connectivity index (χ3v) is 7.79. The van der Waals surface area contributed by atoms with E-state index in [2.05, 4.69) is 53.8 Å². The molecule has 0 saturated carbocycles. The Hall–Kier alpha value is -4.38. The van der Waals surface area contributed by atoms with Crippen molar-refractivity contribution in [3.05, 3.63) is 119 Å². The summed E-state index contributed by atoms with van der Waals surface area (Å²) in [4.78, 5) is 24.8. The number of carbonyl (C=O) groups is 2. The fraction of sp³-hybridized carbons (Fsp3) is 0.235. The Bertz CT molecular complexity index is 1310. The summed E-state index contributed by atoms with van der Waals surface area (Å²) in [6.45, 7) is 1.08. The van der Waals surface area contributed by atoms with Crippen molar-refractivity contribution in [3.8, 4) is 22.3 Å². The number of esters is 1. The average Bonchev–Trinajstić information content (AvgIpc) is 3.47. The topological polar surface area (TPSA) is 64.6 Å². The number of carbonyl (C=O) groups excluding carboxylic acids is 2. The zero-order valence-corrected chi connectivity index (χ0v) is 21.8. The summed E-state index contributed by atoms with van der Waals surface area (Å²) in [5, 5.41) is 2.81. The smallest absolute Gasteiger partial charge is 0.407 e. The number of amides is 1. The van der Waals surface area contributed by atoms with Crippen LogP contribution in [-0.2, 0) is 14.3 Å². The molecular formula is C34H31NO4. The van der Waals surface area contributed by atoms with Crippen LogP contribution in [0.25, 0.3) is 22.3 Å². The van der Waals surface area contributed by atoms with E-state index < -0.39 is 6.09 Å². The molecule has 6 rings (SSSR count). The summed E-state index contributed by atoms with van der Waals surface area (Å²) in [7, 11) is 0. The van der Waals surface area contributed by atoms with Crippen LogP contribution < -0.4 is 5.32 Å². The number of fused-ring (bicyclic) bond motifs is 6. The van der Waals surface area contributed by atoms with Crippen LogP contribution in [0.15, 0.2) is 97.1 Å². The first-order valence-electron chi connectivity index (χ1n) is 13.6. The first kappa shape index (κ1) is 24.9. The second kappa shape index (κ2) is 11.2. The van der Waals surface area contributed by atoms with E-state index in [0.717, 1.165) is 0 Å². The monoisotopic (exact) mass is 517 g/mol. The van der Waals surface area contributed by atoms with Crippen LogP contribution in [0.5, 0.6) is 0 Å². The molecule has 0 saturated heterocycles. The fourth-order valence-corrected chi connectivity index (χ4v) is 5.92. The number of nitrogens with one attached hydrogen (secondary N) is 1. The van der Waals surface area contributed by atoms with Gasteiger partial charge >= 0.3 is 12.1 Å². The predicted octanol–water partition coefficient (Wildman–Crippen LogP) is 7.05. The quantitative estimate of drug-likeness (QED) is 0.191. The minimum absolute atomic E-state index is 0.0386. The molecule has 0 heterocycles. The lowest BCUT2D eigenvalue weighted by atomic mass is 9.98. The molecule has 0 aliphatic heterocycles. The van der Waals surface area contributed by atoms with Gasteiger partial charge < -0.3 is 14.8 Å². The van der Waals surface area contributed by atoms with E-state index in [1.807, 2.05) is 48.5 Å². The van der Waals surface area contributed by atoms with Crippen LogP contribution in [0.4, 0.5) is 4.79 Å². The highest BCUT2D eigenvalue weighted by Gasteiger charge is 2.30. The summed E-state index contributed by atoms with van der Waals surface area (Å²) >= 11 is 0. The molecule has 0 fully saturated rings. The second-order valence-corrected chi connectivity index (χ2v) is 10.1. The number of hydrogen-bond donors (Lipinski definition) is 1. The van der Waals surface area contributed by atoms with E-state index in [9.17, 15) is 9.59 Å². The van der Waals surface area contributed by atoms with Crippen molar-refractivity contribution in [2.24, 2.45) is 0 Å². The van der Waals surface area contributed by atoms with Gasteiger partial charge in [0.1, 0.15) is 13.2 Å². The second-order valence-electron chi connectivity index (χ2n) is 10.1. The van der Waals surface area contributed by atoms with Crippen LogP contribution in [0.1, 0.15) is 53.4 Å². The Morgan fingerprint density at radius 2 is 0.974 bits per heavy atom. The van der Waals surface area contributed by atoms with Crippen LogP contribution in [0.3, 0.4) is 0 Å². The summed E-state index contributed by atoms with van der Waals surface area (Å²) in [5.41, 5.74) is 9.63. The molecule has 0 radical (unpaired) electrons. The zero-order chi connectivity index (χ0) is 26.6. The van der Waals surface area contributed by atoms with E-state index in [-0.39, 0.29) is 17.8 Å². The number of hydrogen-bond acceptors (Lipinski definition) is 4. The molecule has 4 aromatic rings. The van der Waals surface area contributed by atoms with Gasteiger partial charge in [-0.3, -0.25) is 4.79 Å². The Kier molecular flexibility index (Phi) is 7.13. The zero-order valence-electron chi connectivity index (χ0n) is 21.8. The Balaban J connectivity index is 0.919. The molecule has 1 amide bonds. The summed E-state index contributed by atoms with van der Waals surface area (Å²) < 4.78 is 11.2. The van der Waals surface area contributed by atoms with Gasteiger partial charge in [0.2, 0.25) is 0 Å². The van der Waals surface area contributed by atoms with Crippen molar-refractivity contribution in [2.75, 3.05) is 19.8 Å². The summed E-state index contributed by atoms with van der Waals surface area (Å²) in [6, 6.07) is 33.2. The predicted molar refractivity (Wildman–Crippen MR) is 152 cm³/mol. The number of alkyl carbamates (subject to hydrolysis) is 1. The van der Waals surface area contributed by atoms with E-state index in [1.54, 1.807) is 0 Å². The highest BCUT2D eigenvalue weighted by Crippen LogP contribution is 2.45. The van der Waals surface area contributed by atoms with Crippen molar-refractivity contribution in [1.82, 2.24) is 5.32 Å². The molecule has 0 atom stereocenters. The van der Waals surface area contributed by atoms with E-state index >= 15 is 0 Å². The number of benzene rings is 4. The van der Waals surface area contributed by atoms with Crippen molar-refractivity contribution in [3.63, 3.8) is 0 Å². The SMILES string of the molecule is O=C(CCCCNC(=O)OCC1c2ccccc2-c2ccccc21)OCC1c2ccccc2-c2ccccc21. The van der Waals surface area contributed by atoms with E-state index in [4.69, 9.17) is 9.47 Å². The molecule has 0 aromatic heterocycles. The Morgan fingerprint density at radius 1 is 0.564 bits per heavy atom. The molecule has 2 aliphatic carbocycles. The average molecular weight is 518 g/mol. The number of ether oxygens (including phenoxy) is 2. The lowest BCUT2D eigenvalue weighted by molar-refractivity contribution is -0.144. The molecule has 196 valence electrons. The minimum Gasteiger partial charge on any atom is -0.465 e.